The summed E-state index contributed by atoms with van der Waals surface area (Å²) in [7, 11) is 0. The molecule has 0 saturated heterocycles. The van der Waals surface area contributed by atoms with Gasteiger partial charge in [0.2, 0.25) is 0 Å². The predicted molar refractivity (Wildman–Crippen MR) is 121 cm³/mol. The van der Waals surface area contributed by atoms with E-state index in [2.05, 4.69) is 26.6 Å². The van der Waals surface area contributed by atoms with Crippen LogP contribution < -0.4 is 10.9 Å². The summed E-state index contributed by atoms with van der Waals surface area (Å²) in [4.78, 5) is 29.8. The van der Waals surface area contributed by atoms with E-state index in [9.17, 15) is 18.4 Å². The van der Waals surface area contributed by atoms with E-state index in [1.54, 1.807) is 12.3 Å². The monoisotopic (exact) mass is 459 g/mol. The first-order valence-electron chi connectivity index (χ1n) is 10.6. The fourth-order valence-corrected chi connectivity index (χ4v) is 3.93. The van der Waals surface area contributed by atoms with Gasteiger partial charge in [-0.2, -0.15) is 5.10 Å². The Morgan fingerprint density at radius 3 is 2.85 bits per heavy atom. The highest BCUT2D eigenvalue weighted by molar-refractivity contribution is 5.93. The van der Waals surface area contributed by atoms with Gasteiger partial charge in [0.1, 0.15) is 5.56 Å². The second kappa shape index (κ2) is 8.86. The molecule has 0 spiro atoms. The Hall–Kier alpha value is -4.40. The summed E-state index contributed by atoms with van der Waals surface area (Å²) >= 11 is 0. The molecule has 0 radical (unpaired) electrons. The molecular weight excluding hydrogens is 440 g/mol. The number of H-pyrrole nitrogens is 1. The normalized spacial score (nSPS) is 12.4. The van der Waals surface area contributed by atoms with E-state index in [1.807, 2.05) is 18.2 Å². The van der Waals surface area contributed by atoms with Gasteiger partial charge in [-0.25, -0.2) is 8.78 Å². The van der Waals surface area contributed by atoms with Crippen LogP contribution in [0.5, 0.6) is 0 Å². The van der Waals surface area contributed by atoms with Crippen molar-refractivity contribution in [3.8, 4) is 0 Å². The van der Waals surface area contributed by atoms with Crippen LogP contribution >= 0.6 is 0 Å². The van der Waals surface area contributed by atoms with Crippen LogP contribution in [0.1, 0.15) is 38.6 Å². The zero-order valence-electron chi connectivity index (χ0n) is 17.9. The molecule has 3 aromatic heterocycles. The molecule has 1 aliphatic rings. The molecule has 5 rings (SSSR count). The number of nitrogens with zero attached hydrogens (tertiary/aromatic N) is 3. The van der Waals surface area contributed by atoms with Crippen molar-refractivity contribution in [1.29, 1.82) is 0 Å². The molecule has 1 amide bonds. The van der Waals surface area contributed by atoms with Gasteiger partial charge >= 0.3 is 0 Å². The summed E-state index contributed by atoms with van der Waals surface area (Å²) in [6.45, 7) is 0.156. The summed E-state index contributed by atoms with van der Waals surface area (Å²) < 4.78 is 27.9. The average Bonchev–Trinajstić information content (AvgIpc) is 3.48. The van der Waals surface area contributed by atoms with E-state index in [-0.39, 0.29) is 18.7 Å². The SMILES string of the molecule is O=C(NCc1cc(C2=CCc3ncccc32)n[nH]1)c1cccn(Cc2ccc(F)c(F)c2)c1=O. The number of carbonyl (C=O) groups excluding carboxylic acids is 1. The molecule has 4 aromatic rings. The summed E-state index contributed by atoms with van der Waals surface area (Å²) in [5.74, 6) is -2.50. The lowest BCUT2D eigenvalue weighted by Gasteiger charge is -2.09. The van der Waals surface area contributed by atoms with Crippen molar-refractivity contribution >= 4 is 11.5 Å². The number of fused-ring (bicyclic) bond motifs is 1. The summed E-state index contributed by atoms with van der Waals surface area (Å²) in [5, 5.41) is 9.98. The minimum Gasteiger partial charge on any atom is -0.346 e. The van der Waals surface area contributed by atoms with Gasteiger partial charge < -0.3 is 9.88 Å². The van der Waals surface area contributed by atoms with E-state index < -0.39 is 23.1 Å². The first kappa shape index (κ1) is 21.4. The number of rotatable bonds is 6. The number of amides is 1. The minimum absolute atomic E-state index is 0.00645. The van der Waals surface area contributed by atoms with Crippen molar-refractivity contribution in [2.24, 2.45) is 0 Å². The van der Waals surface area contributed by atoms with E-state index >= 15 is 0 Å². The lowest BCUT2D eigenvalue weighted by Crippen LogP contribution is -2.32. The second-order valence-corrected chi connectivity index (χ2v) is 7.88. The Morgan fingerprint density at radius 2 is 2.00 bits per heavy atom. The number of halogens is 2. The van der Waals surface area contributed by atoms with Gasteiger partial charge in [-0.15, -0.1) is 0 Å². The quantitative estimate of drug-likeness (QED) is 0.463. The van der Waals surface area contributed by atoms with Crippen LogP contribution in [0.4, 0.5) is 8.78 Å². The lowest BCUT2D eigenvalue weighted by molar-refractivity contribution is 0.0948. The van der Waals surface area contributed by atoms with Crippen LogP contribution in [0.25, 0.3) is 5.57 Å². The number of aromatic nitrogens is 4. The smallest absolute Gasteiger partial charge is 0.263 e. The standard InChI is InChI=1S/C25H19F2N5O2/c26-20-7-5-15(11-21(20)27)14-32-10-2-4-19(25(32)34)24(33)29-13-16-12-23(31-30-16)18-6-8-22-17(18)3-1-9-28-22/h1-7,9-12H,8,13-14H2,(H,29,33)(H,30,31). The number of allylic oxidation sites excluding steroid dienone is 1. The van der Waals surface area contributed by atoms with Crippen LogP contribution in [-0.4, -0.2) is 25.7 Å². The Balaban J connectivity index is 1.27. The number of nitrogens with one attached hydrogen (secondary N) is 2. The zero-order chi connectivity index (χ0) is 23.7. The van der Waals surface area contributed by atoms with E-state index in [4.69, 9.17) is 0 Å². The number of hydrogen-bond acceptors (Lipinski definition) is 4. The molecule has 1 aromatic carbocycles. The number of hydrogen-bond donors (Lipinski definition) is 2. The van der Waals surface area contributed by atoms with E-state index in [0.29, 0.717) is 11.3 Å². The second-order valence-electron chi connectivity index (χ2n) is 7.88. The minimum atomic E-state index is -0.994. The third kappa shape index (κ3) is 4.15. The fourth-order valence-electron chi connectivity index (χ4n) is 3.93. The van der Waals surface area contributed by atoms with Crippen molar-refractivity contribution in [2.45, 2.75) is 19.5 Å². The molecule has 0 aliphatic heterocycles. The Morgan fingerprint density at radius 1 is 1.12 bits per heavy atom. The van der Waals surface area contributed by atoms with Crippen LogP contribution in [0.3, 0.4) is 0 Å². The van der Waals surface area contributed by atoms with E-state index in [0.717, 1.165) is 41.1 Å². The van der Waals surface area contributed by atoms with Crippen LogP contribution in [-0.2, 0) is 19.5 Å². The lowest BCUT2D eigenvalue weighted by atomic mass is 10.1. The first-order valence-corrected chi connectivity index (χ1v) is 10.6. The van der Waals surface area contributed by atoms with Crippen molar-refractivity contribution in [2.75, 3.05) is 0 Å². The highest BCUT2D eigenvalue weighted by Gasteiger charge is 2.19. The zero-order valence-corrected chi connectivity index (χ0v) is 17.9. The average molecular weight is 459 g/mol. The van der Waals surface area contributed by atoms with E-state index in [1.165, 1.54) is 22.9 Å². The number of pyridine rings is 2. The van der Waals surface area contributed by atoms with Gasteiger partial charge in [0.25, 0.3) is 11.5 Å². The maximum absolute atomic E-state index is 13.5. The maximum atomic E-state index is 13.5. The molecule has 3 heterocycles. The van der Waals surface area contributed by atoms with Gasteiger partial charge in [-0.05, 0) is 42.0 Å². The molecule has 0 bridgehead atoms. The largest absolute Gasteiger partial charge is 0.346 e. The number of aromatic amines is 1. The predicted octanol–water partition coefficient (Wildman–Crippen LogP) is 3.21. The molecule has 9 heteroatoms. The highest BCUT2D eigenvalue weighted by Crippen LogP contribution is 2.30. The molecular formula is C25H19F2N5O2. The molecule has 34 heavy (non-hydrogen) atoms. The number of carbonyl (C=O) groups is 1. The highest BCUT2D eigenvalue weighted by atomic mass is 19.2. The molecule has 0 atom stereocenters. The third-order valence-corrected chi connectivity index (χ3v) is 5.63. The Kier molecular flexibility index (Phi) is 5.59. The first-order chi connectivity index (χ1) is 16.5. The van der Waals surface area contributed by atoms with Gasteiger partial charge in [0.15, 0.2) is 11.6 Å². The molecule has 2 N–H and O–H groups in total. The van der Waals surface area contributed by atoms with Crippen molar-refractivity contribution in [3.05, 3.63) is 123 Å². The molecule has 7 nitrogen and oxygen atoms in total. The number of benzene rings is 1. The third-order valence-electron chi connectivity index (χ3n) is 5.63. The van der Waals surface area contributed by atoms with Crippen LogP contribution in [0, 0.1) is 11.6 Å². The van der Waals surface area contributed by atoms with Crippen molar-refractivity contribution in [1.82, 2.24) is 25.1 Å². The molecule has 0 unspecified atom stereocenters. The molecule has 0 saturated carbocycles. The maximum Gasteiger partial charge on any atom is 0.263 e. The summed E-state index contributed by atoms with van der Waals surface area (Å²) in [5.41, 5.74) is 4.28. The van der Waals surface area contributed by atoms with Gasteiger partial charge in [-0.3, -0.25) is 19.7 Å². The topological polar surface area (TPSA) is 92.7 Å². The summed E-state index contributed by atoms with van der Waals surface area (Å²) in [6.07, 6.45) is 6.06. The fraction of sp³-hybridized carbons (Fsp3) is 0.120. The Labute approximate surface area is 192 Å². The molecule has 0 fully saturated rings. The molecule has 1 aliphatic carbocycles. The van der Waals surface area contributed by atoms with Crippen LogP contribution in [0.2, 0.25) is 0 Å². The van der Waals surface area contributed by atoms with Gasteiger partial charge in [0.05, 0.1) is 30.2 Å². The summed E-state index contributed by atoms with van der Waals surface area (Å²) in [6, 6.07) is 12.1. The molecule has 170 valence electrons. The Bertz CT molecular complexity index is 1490. The van der Waals surface area contributed by atoms with Crippen molar-refractivity contribution in [3.63, 3.8) is 0 Å². The van der Waals surface area contributed by atoms with Gasteiger partial charge in [-0.1, -0.05) is 18.2 Å². The van der Waals surface area contributed by atoms with Gasteiger partial charge in [0, 0.05) is 30.0 Å². The van der Waals surface area contributed by atoms with Crippen LogP contribution in [0.15, 0.2) is 71.8 Å². The van der Waals surface area contributed by atoms with Crippen molar-refractivity contribution < 1.29 is 13.6 Å².